The molecule has 0 spiro atoms. The average Bonchev–Trinajstić information content (AvgIpc) is 2.40. The molecule has 1 saturated heterocycles. The predicted molar refractivity (Wildman–Crippen MR) is 74.2 cm³/mol. The summed E-state index contributed by atoms with van der Waals surface area (Å²) in [6, 6.07) is 2.70. The van der Waals surface area contributed by atoms with Crippen molar-refractivity contribution in [3.8, 4) is 5.75 Å². The summed E-state index contributed by atoms with van der Waals surface area (Å²) in [5.41, 5.74) is 0.438. The van der Waals surface area contributed by atoms with Crippen molar-refractivity contribution in [2.75, 3.05) is 39.0 Å². The van der Waals surface area contributed by atoms with Crippen molar-refractivity contribution in [2.45, 2.75) is 11.3 Å². The second kappa shape index (κ2) is 6.07. The number of aromatic hydroxyl groups is 1. The van der Waals surface area contributed by atoms with Gasteiger partial charge in [0.2, 0.25) is 0 Å². The van der Waals surface area contributed by atoms with Gasteiger partial charge in [-0.1, -0.05) is 6.07 Å². The van der Waals surface area contributed by atoms with E-state index >= 15 is 0 Å². The SMILES string of the molecule is CS(=O)(=O)c1ccc(CCN2CCNCC2)c(O)c1F. The van der Waals surface area contributed by atoms with Gasteiger partial charge in [0.15, 0.2) is 21.4 Å². The number of halogens is 1. The van der Waals surface area contributed by atoms with Gasteiger partial charge in [-0.05, 0) is 18.1 Å². The molecule has 1 aliphatic heterocycles. The van der Waals surface area contributed by atoms with E-state index in [4.69, 9.17) is 0 Å². The van der Waals surface area contributed by atoms with Gasteiger partial charge in [-0.2, -0.15) is 0 Å². The Hall–Kier alpha value is -1.18. The maximum atomic E-state index is 13.9. The quantitative estimate of drug-likeness (QED) is 0.842. The third-order valence-corrected chi connectivity index (χ3v) is 4.58. The predicted octanol–water partition coefficient (Wildman–Crippen LogP) is 0.383. The van der Waals surface area contributed by atoms with Crippen LogP contribution in [0, 0.1) is 5.82 Å². The van der Waals surface area contributed by atoms with Crippen molar-refractivity contribution in [1.82, 2.24) is 10.2 Å². The average molecular weight is 302 g/mol. The molecule has 7 heteroatoms. The third kappa shape index (κ3) is 3.47. The number of rotatable bonds is 4. The minimum Gasteiger partial charge on any atom is -0.505 e. The first kappa shape index (κ1) is 15.2. The van der Waals surface area contributed by atoms with Gasteiger partial charge in [0.1, 0.15) is 4.90 Å². The second-order valence-corrected chi connectivity index (χ2v) is 6.98. The monoisotopic (exact) mass is 302 g/mol. The van der Waals surface area contributed by atoms with Crippen molar-refractivity contribution in [3.05, 3.63) is 23.5 Å². The Kier molecular flexibility index (Phi) is 4.62. The Labute approximate surface area is 118 Å². The molecule has 1 fully saturated rings. The summed E-state index contributed by atoms with van der Waals surface area (Å²) in [6.45, 7) is 4.41. The highest BCUT2D eigenvalue weighted by Gasteiger charge is 2.20. The summed E-state index contributed by atoms with van der Waals surface area (Å²) >= 11 is 0. The normalized spacial score (nSPS) is 17.3. The van der Waals surface area contributed by atoms with E-state index < -0.39 is 26.3 Å². The van der Waals surface area contributed by atoms with E-state index in [0.717, 1.165) is 32.4 Å². The molecule has 0 unspecified atom stereocenters. The molecular formula is C13H19FN2O3S. The van der Waals surface area contributed by atoms with Gasteiger partial charge in [0.25, 0.3) is 0 Å². The maximum Gasteiger partial charge on any atom is 0.183 e. The van der Waals surface area contributed by atoms with Gasteiger partial charge in [-0.15, -0.1) is 0 Å². The van der Waals surface area contributed by atoms with Crippen LogP contribution in [0.3, 0.4) is 0 Å². The summed E-state index contributed by atoms with van der Waals surface area (Å²) in [4.78, 5) is 1.76. The molecule has 5 nitrogen and oxygen atoms in total. The van der Waals surface area contributed by atoms with Gasteiger partial charge in [0.05, 0.1) is 0 Å². The van der Waals surface area contributed by atoms with E-state index in [1.54, 1.807) is 0 Å². The van der Waals surface area contributed by atoms with E-state index in [0.29, 0.717) is 18.5 Å². The highest BCUT2D eigenvalue weighted by Crippen LogP contribution is 2.27. The molecular weight excluding hydrogens is 283 g/mol. The second-order valence-electron chi connectivity index (χ2n) is 5.00. The van der Waals surface area contributed by atoms with Crippen LogP contribution in [0.5, 0.6) is 5.75 Å². The number of benzene rings is 1. The number of piperazine rings is 1. The van der Waals surface area contributed by atoms with Crippen molar-refractivity contribution in [2.24, 2.45) is 0 Å². The lowest BCUT2D eigenvalue weighted by molar-refractivity contribution is 0.243. The molecule has 20 heavy (non-hydrogen) atoms. The Morgan fingerprint density at radius 3 is 2.60 bits per heavy atom. The molecule has 0 bridgehead atoms. The Bertz CT molecular complexity index is 584. The summed E-state index contributed by atoms with van der Waals surface area (Å²) < 4.78 is 36.6. The van der Waals surface area contributed by atoms with Crippen LogP contribution >= 0.6 is 0 Å². The molecule has 0 saturated carbocycles. The number of nitrogens with zero attached hydrogens (tertiary/aromatic N) is 1. The fraction of sp³-hybridized carbons (Fsp3) is 0.538. The molecule has 1 aliphatic rings. The molecule has 2 rings (SSSR count). The summed E-state index contributed by atoms with van der Waals surface area (Å²) in [7, 11) is -3.66. The van der Waals surface area contributed by atoms with Crippen LogP contribution in [0.1, 0.15) is 5.56 Å². The first-order valence-corrected chi connectivity index (χ1v) is 8.42. The fourth-order valence-corrected chi connectivity index (χ4v) is 3.02. The van der Waals surface area contributed by atoms with Crippen LogP contribution in [0.4, 0.5) is 4.39 Å². The van der Waals surface area contributed by atoms with E-state index in [9.17, 15) is 17.9 Å². The highest BCUT2D eigenvalue weighted by atomic mass is 32.2. The third-order valence-electron chi connectivity index (χ3n) is 3.47. The largest absolute Gasteiger partial charge is 0.505 e. The van der Waals surface area contributed by atoms with E-state index in [-0.39, 0.29) is 0 Å². The smallest absolute Gasteiger partial charge is 0.183 e. The molecule has 1 aromatic carbocycles. The lowest BCUT2D eigenvalue weighted by Crippen LogP contribution is -2.44. The van der Waals surface area contributed by atoms with Crippen molar-refractivity contribution < 1.29 is 17.9 Å². The van der Waals surface area contributed by atoms with Crippen LogP contribution < -0.4 is 5.32 Å². The molecule has 0 atom stereocenters. The minimum absolute atomic E-state index is 0.438. The Morgan fingerprint density at radius 2 is 2.00 bits per heavy atom. The number of hydrogen-bond acceptors (Lipinski definition) is 5. The fourth-order valence-electron chi connectivity index (χ4n) is 2.29. The van der Waals surface area contributed by atoms with Crippen molar-refractivity contribution in [3.63, 3.8) is 0 Å². The Morgan fingerprint density at radius 1 is 1.35 bits per heavy atom. The molecule has 0 amide bonds. The summed E-state index contributed by atoms with van der Waals surface area (Å²) in [5, 5.41) is 13.0. The van der Waals surface area contributed by atoms with Gasteiger partial charge < -0.3 is 15.3 Å². The highest BCUT2D eigenvalue weighted by molar-refractivity contribution is 7.90. The van der Waals surface area contributed by atoms with Crippen LogP contribution in [-0.2, 0) is 16.3 Å². The maximum absolute atomic E-state index is 13.9. The minimum atomic E-state index is -3.66. The van der Waals surface area contributed by atoms with Crippen LogP contribution in [0.2, 0.25) is 0 Å². The zero-order valence-electron chi connectivity index (χ0n) is 11.4. The molecule has 2 N–H and O–H groups in total. The van der Waals surface area contributed by atoms with Gasteiger partial charge >= 0.3 is 0 Å². The van der Waals surface area contributed by atoms with Gasteiger partial charge in [-0.25, -0.2) is 12.8 Å². The van der Waals surface area contributed by atoms with Gasteiger partial charge in [0, 0.05) is 39.0 Å². The summed E-state index contributed by atoms with van der Waals surface area (Å²) in [6.07, 6.45) is 1.41. The lowest BCUT2D eigenvalue weighted by atomic mass is 10.1. The van der Waals surface area contributed by atoms with Crippen molar-refractivity contribution >= 4 is 9.84 Å². The van der Waals surface area contributed by atoms with E-state index in [1.807, 2.05) is 0 Å². The van der Waals surface area contributed by atoms with Crippen LogP contribution in [0.25, 0.3) is 0 Å². The number of sulfone groups is 1. The Balaban J connectivity index is 2.11. The summed E-state index contributed by atoms with van der Waals surface area (Å²) in [5.74, 6) is -1.60. The topological polar surface area (TPSA) is 69.6 Å². The van der Waals surface area contributed by atoms with Crippen LogP contribution in [-0.4, -0.2) is 57.4 Å². The molecule has 112 valence electrons. The zero-order valence-corrected chi connectivity index (χ0v) is 12.2. The molecule has 0 aliphatic carbocycles. The van der Waals surface area contributed by atoms with Crippen molar-refractivity contribution in [1.29, 1.82) is 0 Å². The lowest BCUT2D eigenvalue weighted by Gasteiger charge is -2.27. The number of hydrogen-bond donors (Lipinski definition) is 2. The number of phenolic OH excluding ortho intramolecular Hbond substituents is 1. The number of nitrogens with one attached hydrogen (secondary N) is 1. The van der Waals surface area contributed by atoms with Gasteiger partial charge in [-0.3, -0.25) is 0 Å². The van der Waals surface area contributed by atoms with Crippen LogP contribution in [0.15, 0.2) is 17.0 Å². The standard InChI is InChI=1S/C13H19FN2O3S/c1-20(18,19)11-3-2-10(13(17)12(11)14)4-7-16-8-5-15-6-9-16/h2-3,15,17H,4-9H2,1H3. The first-order valence-electron chi connectivity index (χ1n) is 6.53. The molecule has 1 aromatic rings. The van der Waals surface area contributed by atoms with E-state index in [2.05, 4.69) is 10.2 Å². The molecule has 0 aromatic heterocycles. The number of phenols is 1. The molecule has 0 radical (unpaired) electrons. The van der Waals surface area contributed by atoms with E-state index in [1.165, 1.54) is 12.1 Å². The zero-order chi connectivity index (χ0) is 14.8. The first-order chi connectivity index (χ1) is 9.39. The molecule has 1 heterocycles.